The molecule has 1 aromatic heterocycles. The van der Waals surface area contributed by atoms with Crippen LogP contribution in [0, 0.1) is 5.82 Å². The smallest absolute Gasteiger partial charge is 0.231 e. The molecule has 4 rings (SSSR count). The number of carbonyl (C=O) groups is 1. The maximum absolute atomic E-state index is 14.4. The number of ether oxygens (including phenoxy) is 3. The molecule has 0 aliphatic rings. The Labute approximate surface area is 183 Å². The van der Waals surface area contributed by atoms with E-state index in [0.29, 0.717) is 28.3 Å². The van der Waals surface area contributed by atoms with E-state index < -0.39 is 11.6 Å². The van der Waals surface area contributed by atoms with Gasteiger partial charge in [0.05, 0.1) is 26.9 Å². The zero-order chi connectivity index (χ0) is 22.7. The summed E-state index contributed by atoms with van der Waals surface area (Å²) in [5.41, 5.74) is 1.65. The lowest BCUT2D eigenvalue weighted by Gasteiger charge is -2.14. The lowest BCUT2D eigenvalue weighted by molar-refractivity contribution is 0.105. The molecule has 162 valence electrons. The van der Waals surface area contributed by atoms with Gasteiger partial charge in [0, 0.05) is 11.1 Å². The molecular formula is C25H20FNO5. The minimum atomic E-state index is -0.473. The topological polar surface area (TPSA) is 70.8 Å². The van der Waals surface area contributed by atoms with Crippen LogP contribution in [-0.2, 0) is 0 Å². The van der Waals surface area contributed by atoms with Gasteiger partial charge in [-0.25, -0.2) is 9.37 Å². The molecule has 4 aromatic rings. The Balaban J connectivity index is 1.90. The molecule has 0 saturated carbocycles. The summed E-state index contributed by atoms with van der Waals surface area (Å²) >= 11 is 0. The zero-order valence-electron chi connectivity index (χ0n) is 17.7. The van der Waals surface area contributed by atoms with Gasteiger partial charge >= 0.3 is 0 Å². The number of carbonyl (C=O) groups excluding carboxylic acids is 1. The third kappa shape index (κ3) is 3.92. The first-order valence-electron chi connectivity index (χ1n) is 9.72. The van der Waals surface area contributed by atoms with E-state index >= 15 is 0 Å². The number of hydrogen-bond acceptors (Lipinski definition) is 6. The summed E-state index contributed by atoms with van der Waals surface area (Å²) < 4.78 is 36.3. The Morgan fingerprint density at radius 3 is 2.22 bits per heavy atom. The van der Waals surface area contributed by atoms with Crippen molar-refractivity contribution in [1.29, 1.82) is 0 Å². The van der Waals surface area contributed by atoms with Crippen LogP contribution in [0.3, 0.4) is 0 Å². The van der Waals surface area contributed by atoms with Crippen LogP contribution in [0.1, 0.15) is 21.8 Å². The van der Waals surface area contributed by atoms with E-state index in [-0.39, 0.29) is 22.6 Å². The molecule has 6 nitrogen and oxygen atoms in total. The normalized spacial score (nSPS) is 11.4. The molecule has 0 unspecified atom stereocenters. The highest BCUT2D eigenvalue weighted by atomic mass is 19.1. The van der Waals surface area contributed by atoms with Gasteiger partial charge in [0.1, 0.15) is 11.3 Å². The summed E-state index contributed by atoms with van der Waals surface area (Å²) in [5.74, 6) is 0.148. The standard InChI is InChI=1S/C25H20FNO5/c1-29-21-13-16(14-22(30-2)24(21)31-3)23(28)17(12-15-8-4-5-9-18(15)26)25-27-19-10-6-7-11-20(19)32-25/h4-14H,1-3H3/b17-12-. The first-order chi connectivity index (χ1) is 15.5. The maximum atomic E-state index is 14.4. The number of methoxy groups -OCH3 is 3. The van der Waals surface area contributed by atoms with E-state index in [0.717, 1.165) is 0 Å². The molecule has 0 atom stereocenters. The van der Waals surface area contributed by atoms with E-state index in [4.69, 9.17) is 18.6 Å². The Morgan fingerprint density at radius 2 is 1.59 bits per heavy atom. The minimum Gasteiger partial charge on any atom is -0.493 e. The molecule has 0 aliphatic heterocycles. The molecule has 0 amide bonds. The van der Waals surface area contributed by atoms with Crippen LogP contribution < -0.4 is 14.2 Å². The quantitative estimate of drug-likeness (QED) is 0.286. The van der Waals surface area contributed by atoms with E-state index in [2.05, 4.69) is 4.98 Å². The molecular weight excluding hydrogens is 413 g/mol. The fourth-order valence-corrected chi connectivity index (χ4v) is 3.33. The third-order valence-corrected chi connectivity index (χ3v) is 4.90. The zero-order valence-corrected chi connectivity index (χ0v) is 17.7. The molecule has 32 heavy (non-hydrogen) atoms. The van der Waals surface area contributed by atoms with Crippen molar-refractivity contribution in [2.24, 2.45) is 0 Å². The first kappa shape index (κ1) is 21.1. The number of aromatic nitrogens is 1. The highest BCUT2D eigenvalue weighted by molar-refractivity contribution is 6.31. The van der Waals surface area contributed by atoms with Crippen molar-refractivity contribution in [2.45, 2.75) is 0 Å². The number of rotatable bonds is 7. The number of para-hydroxylation sites is 2. The van der Waals surface area contributed by atoms with Crippen LogP contribution in [0.25, 0.3) is 22.7 Å². The average molecular weight is 433 g/mol. The molecule has 0 fully saturated rings. The monoisotopic (exact) mass is 433 g/mol. The third-order valence-electron chi connectivity index (χ3n) is 4.90. The first-order valence-corrected chi connectivity index (χ1v) is 9.72. The van der Waals surface area contributed by atoms with Gasteiger partial charge in [-0.05, 0) is 36.4 Å². The largest absolute Gasteiger partial charge is 0.493 e. The Hall–Kier alpha value is -4.13. The summed E-state index contributed by atoms with van der Waals surface area (Å²) in [4.78, 5) is 18.1. The van der Waals surface area contributed by atoms with Crippen molar-refractivity contribution in [2.75, 3.05) is 21.3 Å². The molecule has 7 heteroatoms. The summed E-state index contributed by atoms with van der Waals surface area (Å²) in [6, 6.07) is 16.3. The molecule has 0 aliphatic carbocycles. The van der Waals surface area contributed by atoms with Gasteiger partial charge in [-0.3, -0.25) is 4.79 Å². The van der Waals surface area contributed by atoms with Crippen LogP contribution in [-0.4, -0.2) is 32.1 Å². The van der Waals surface area contributed by atoms with Gasteiger partial charge in [0.25, 0.3) is 0 Å². The fraction of sp³-hybridized carbons (Fsp3) is 0.120. The van der Waals surface area contributed by atoms with Crippen molar-refractivity contribution >= 4 is 28.5 Å². The van der Waals surface area contributed by atoms with E-state index in [9.17, 15) is 9.18 Å². The molecule has 3 aromatic carbocycles. The molecule has 0 spiro atoms. The number of halogens is 1. The van der Waals surface area contributed by atoms with Crippen LogP contribution >= 0.6 is 0 Å². The van der Waals surface area contributed by atoms with Gasteiger partial charge in [0.2, 0.25) is 11.6 Å². The van der Waals surface area contributed by atoms with E-state index in [1.165, 1.54) is 45.6 Å². The van der Waals surface area contributed by atoms with Crippen LogP contribution in [0.5, 0.6) is 17.2 Å². The maximum Gasteiger partial charge on any atom is 0.231 e. The lowest BCUT2D eigenvalue weighted by Crippen LogP contribution is -2.06. The summed E-state index contributed by atoms with van der Waals surface area (Å²) in [5, 5.41) is 0. The van der Waals surface area contributed by atoms with Crippen molar-refractivity contribution in [3.8, 4) is 17.2 Å². The number of oxazole rings is 1. The second-order valence-electron chi connectivity index (χ2n) is 6.81. The van der Waals surface area contributed by atoms with E-state index in [1.54, 1.807) is 36.4 Å². The van der Waals surface area contributed by atoms with Crippen molar-refractivity contribution in [3.63, 3.8) is 0 Å². The summed E-state index contributed by atoms with van der Waals surface area (Å²) in [6.07, 6.45) is 1.42. The number of hydrogen-bond donors (Lipinski definition) is 0. The second-order valence-corrected chi connectivity index (χ2v) is 6.81. The van der Waals surface area contributed by atoms with Gasteiger partial charge < -0.3 is 18.6 Å². The van der Waals surface area contributed by atoms with Crippen LogP contribution in [0.4, 0.5) is 4.39 Å². The Morgan fingerprint density at radius 1 is 0.938 bits per heavy atom. The highest BCUT2D eigenvalue weighted by Gasteiger charge is 2.24. The van der Waals surface area contributed by atoms with Gasteiger partial charge in [-0.1, -0.05) is 30.3 Å². The molecule has 0 N–H and O–H groups in total. The van der Waals surface area contributed by atoms with Gasteiger partial charge in [-0.2, -0.15) is 0 Å². The van der Waals surface area contributed by atoms with Crippen LogP contribution in [0.15, 0.2) is 65.1 Å². The molecule has 0 radical (unpaired) electrons. The molecule has 0 saturated heterocycles. The van der Waals surface area contributed by atoms with Crippen molar-refractivity contribution in [1.82, 2.24) is 4.98 Å². The Bertz CT molecular complexity index is 1270. The highest BCUT2D eigenvalue weighted by Crippen LogP contribution is 2.39. The van der Waals surface area contributed by atoms with Crippen LogP contribution in [0.2, 0.25) is 0 Å². The van der Waals surface area contributed by atoms with Crippen molar-refractivity contribution < 1.29 is 27.8 Å². The van der Waals surface area contributed by atoms with Gasteiger partial charge in [0.15, 0.2) is 22.9 Å². The van der Waals surface area contributed by atoms with Gasteiger partial charge in [-0.15, -0.1) is 0 Å². The fourth-order valence-electron chi connectivity index (χ4n) is 3.33. The van der Waals surface area contributed by atoms with E-state index in [1.807, 2.05) is 6.07 Å². The second kappa shape index (κ2) is 8.93. The predicted octanol–water partition coefficient (Wildman–Crippen LogP) is 5.42. The average Bonchev–Trinajstić information content (AvgIpc) is 3.26. The minimum absolute atomic E-state index is 0.0770. The SMILES string of the molecule is COc1cc(C(=O)/C(=C/c2ccccc2F)c2nc3ccccc3o2)cc(OC)c1OC. The number of benzene rings is 3. The number of allylic oxidation sites excluding steroid dienone is 1. The lowest BCUT2D eigenvalue weighted by atomic mass is 9.99. The Kier molecular flexibility index (Phi) is 5.89. The predicted molar refractivity (Wildman–Crippen MR) is 119 cm³/mol. The number of nitrogens with zero attached hydrogens (tertiary/aromatic N) is 1. The summed E-state index contributed by atoms with van der Waals surface area (Å²) in [7, 11) is 4.40. The number of fused-ring (bicyclic) bond motifs is 1. The number of ketones is 1. The molecule has 1 heterocycles. The number of Topliss-reactive ketones (excluding diaryl/α,β-unsaturated/α-hetero) is 1. The summed E-state index contributed by atoms with van der Waals surface area (Å²) in [6.45, 7) is 0. The molecule has 0 bridgehead atoms. The van der Waals surface area contributed by atoms with Crippen molar-refractivity contribution in [3.05, 3.63) is 83.5 Å².